The van der Waals surface area contributed by atoms with Gasteiger partial charge in [0.2, 0.25) is 11.8 Å². The molecule has 1 aromatic rings. The summed E-state index contributed by atoms with van der Waals surface area (Å²) < 4.78 is 28.3. The second-order valence-corrected chi connectivity index (χ2v) is 7.78. The highest BCUT2D eigenvalue weighted by atomic mass is 19.3. The summed E-state index contributed by atoms with van der Waals surface area (Å²) >= 11 is 0. The molecular weight excluding hydrogens is 386 g/mol. The first-order valence-electron chi connectivity index (χ1n) is 9.32. The molecular formula is C19H20F2N4O4. The molecule has 0 aromatic heterocycles. The summed E-state index contributed by atoms with van der Waals surface area (Å²) in [5.41, 5.74) is -0.863. The van der Waals surface area contributed by atoms with Crippen molar-refractivity contribution < 1.29 is 28.0 Å². The van der Waals surface area contributed by atoms with Crippen LogP contribution in [0.1, 0.15) is 46.0 Å². The molecule has 3 aliphatic heterocycles. The van der Waals surface area contributed by atoms with Gasteiger partial charge in [-0.05, 0) is 25.0 Å². The number of rotatable bonds is 4. The highest BCUT2D eigenvalue weighted by molar-refractivity contribution is 6.24. The van der Waals surface area contributed by atoms with Crippen LogP contribution in [0, 0.1) is 0 Å². The summed E-state index contributed by atoms with van der Waals surface area (Å²) in [6, 6.07) is 3.57. The van der Waals surface area contributed by atoms with E-state index < -0.39 is 47.7 Å². The molecule has 0 bridgehead atoms. The van der Waals surface area contributed by atoms with Gasteiger partial charge in [-0.3, -0.25) is 29.4 Å². The van der Waals surface area contributed by atoms with Crippen LogP contribution in [0.5, 0.6) is 0 Å². The highest BCUT2D eigenvalue weighted by Gasteiger charge is 2.54. The van der Waals surface area contributed by atoms with Gasteiger partial charge in [0.15, 0.2) is 0 Å². The number of alkyl halides is 2. The van der Waals surface area contributed by atoms with E-state index in [2.05, 4.69) is 16.0 Å². The molecule has 4 rings (SSSR count). The second kappa shape index (κ2) is 6.67. The molecule has 2 unspecified atom stereocenters. The van der Waals surface area contributed by atoms with Crippen molar-refractivity contribution in [3.63, 3.8) is 0 Å². The SMILES string of the molecule is CC1(NCc2cccc3c2C(=O)N(C2CCC(=O)NC2=O)C3=O)CNCC1(F)F. The van der Waals surface area contributed by atoms with Gasteiger partial charge in [0.05, 0.1) is 23.2 Å². The Bertz CT molecular complexity index is 935. The molecule has 0 radical (unpaired) electrons. The van der Waals surface area contributed by atoms with E-state index in [9.17, 15) is 28.0 Å². The van der Waals surface area contributed by atoms with E-state index in [-0.39, 0.29) is 37.1 Å². The van der Waals surface area contributed by atoms with Gasteiger partial charge < -0.3 is 10.6 Å². The maximum Gasteiger partial charge on any atom is 0.279 e. The predicted octanol–water partition coefficient (Wildman–Crippen LogP) is 0.175. The summed E-state index contributed by atoms with van der Waals surface area (Å²) in [6.07, 6.45) is 0.0817. The minimum Gasteiger partial charge on any atom is -0.309 e. The Morgan fingerprint density at radius 3 is 2.59 bits per heavy atom. The number of hydrogen-bond donors (Lipinski definition) is 3. The van der Waals surface area contributed by atoms with Crippen LogP contribution in [0.15, 0.2) is 18.2 Å². The van der Waals surface area contributed by atoms with Crippen LogP contribution in [-0.2, 0) is 16.1 Å². The van der Waals surface area contributed by atoms with Crippen molar-refractivity contribution in [1.82, 2.24) is 20.9 Å². The van der Waals surface area contributed by atoms with Gasteiger partial charge in [-0.2, -0.15) is 0 Å². The number of carbonyl (C=O) groups is 4. The standard InChI is InChI=1S/C19H20F2N4O4/c1-18(8-22-9-19(18,20)21)23-7-10-3-2-4-11-14(10)17(29)25(16(11)28)12-5-6-13(26)24-15(12)27/h2-4,12,22-23H,5-9H2,1H3,(H,24,26,27). The largest absolute Gasteiger partial charge is 0.309 e. The molecule has 10 heteroatoms. The van der Waals surface area contributed by atoms with Crippen LogP contribution in [0.2, 0.25) is 0 Å². The molecule has 3 heterocycles. The van der Waals surface area contributed by atoms with Gasteiger partial charge in [0, 0.05) is 19.5 Å². The van der Waals surface area contributed by atoms with E-state index >= 15 is 0 Å². The van der Waals surface area contributed by atoms with Crippen LogP contribution >= 0.6 is 0 Å². The minimum absolute atomic E-state index is 0.0265. The number of nitrogens with zero attached hydrogens (tertiary/aromatic N) is 1. The summed E-state index contributed by atoms with van der Waals surface area (Å²) in [6.45, 7) is 0.979. The van der Waals surface area contributed by atoms with E-state index in [1.165, 1.54) is 13.0 Å². The topological polar surface area (TPSA) is 108 Å². The fourth-order valence-corrected chi connectivity index (χ4v) is 4.01. The van der Waals surface area contributed by atoms with Gasteiger partial charge in [-0.25, -0.2) is 8.78 Å². The molecule has 3 N–H and O–H groups in total. The quantitative estimate of drug-likeness (QED) is 0.616. The lowest BCUT2D eigenvalue weighted by atomic mass is 9.95. The van der Waals surface area contributed by atoms with Crippen molar-refractivity contribution in [2.45, 2.75) is 43.8 Å². The Hall–Kier alpha value is -2.72. The van der Waals surface area contributed by atoms with E-state index in [0.717, 1.165) is 4.90 Å². The number of piperidine rings is 1. The normalized spacial score (nSPS) is 28.7. The number of benzene rings is 1. The van der Waals surface area contributed by atoms with Crippen LogP contribution in [-0.4, -0.2) is 59.1 Å². The molecule has 1 aromatic carbocycles. The van der Waals surface area contributed by atoms with Crippen molar-refractivity contribution in [2.75, 3.05) is 13.1 Å². The summed E-state index contributed by atoms with van der Waals surface area (Å²) in [5, 5.41) is 7.61. The molecule has 0 saturated carbocycles. The first-order valence-corrected chi connectivity index (χ1v) is 9.32. The molecule has 0 aliphatic carbocycles. The lowest BCUT2D eigenvalue weighted by molar-refractivity contribution is -0.136. The summed E-state index contributed by atoms with van der Waals surface area (Å²) in [5.74, 6) is -5.39. The van der Waals surface area contributed by atoms with Crippen molar-refractivity contribution in [3.05, 3.63) is 34.9 Å². The third kappa shape index (κ3) is 3.03. The number of halogens is 2. The number of imide groups is 2. The number of carbonyl (C=O) groups excluding carboxylic acids is 4. The Labute approximate surface area is 165 Å². The Balaban J connectivity index is 1.60. The first kappa shape index (κ1) is 19.6. The van der Waals surface area contributed by atoms with E-state index in [1.54, 1.807) is 12.1 Å². The second-order valence-electron chi connectivity index (χ2n) is 7.78. The van der Waals surface area contributed by atoms with Gasteiger partial charge in [-0.15, -0.1) is 0 Å². The van der Waals surface area contributed by atoms with Crippen molar-refractivity contribution in [1.29, 1.82) is 0 Å². The zero-order chi connectivity index (χ0) is 21.0. The molecule has 2 saturated heterocycles. The molecule has 2 fully saturated rings. The zero-order valence-corrected chi connectivity index (χ0v) is 15.7. The van der Waals surface area contributed by atoms with Gasteiger partial charge >= 0.3 is 0 Å². The lowest BCUT2D eigenvalue weighted by Gasteiger charge is -2.31. The molecule has 0 spiro atoms. The maximum absolute atomic E-state index is 14.2. The fraction of sp³-hybridized carbons (Fsp3) is 0.474. The fourth-order valence-electron chi connectivity index (χ4n) is 4.01. The van der Waals surface area contributed by atoms with Crippen LogP contribution < -0.4 is 16.0 Å². The highest BCUT2D eigenvalue weighted by Crippen LogP contribution is 2.34. The first-order chi connectivity index (χ1) is 13.6. The third-order valence-corrected chi connectivity index (χ3v) is 5.86. The zero-order valence-electron chi connectivity index (χ0n) is 15.7. The van der Waals surface area contributed by atoms with Crippen LogP contribution in [0.4, 0.5) is 8.78 Å². The molecule has 2 atom stereocenters. The van der Waals surface area contributed by atoms with Crippen molar-refractivity contribution in [3.8, 4) is 0 Å². The molecule has 4 amide bonds. The van der Waals surface area contributed by atoms with Gasteiger partial charge in [0.25, 0.3) is 17.7 Å². The summed E-state index contributed by atoms with van der Waals surface area (Å²) in [4.78, 5) is 50.2. The average Bonchev–Trinajstić information content (AvgIpc) is 3.07. The minimum atomic E-state index is -2.97. The number of amides is 4. The van der Waals surface area contributed by atoms with Crippen LogP contribution in [0.3, 0.4) is 0 Å². The van der Waals surface area contributed by atoms with Crippen molar-refractivity contribution >= 4 is 23.6 Å². The van der Waals surface area contributed by atoms with Crippen LogP contribution in [0.25, 0.3) is 0 Å². The number of hydrogen-bond acceptors (Lipinski definition) is 6. The van der Waals surface area contributed by atoms with Crippen molar-refractivity contribution in [2.24, 2.45) is 0 Å². The monoisotopic (exact) mass is 406 g/mol. The van der Waals surface area contributed by atoms with E-state index in [0.29, 0.717) is 5.56 Å². The van der Waals surface area contributed by atoms with E-state index in [1.807, 2.05) is 0 Å². The van der Waals surface area contributed by atoms with Gasteiger partial charge in [-0.1, -0.05) is 12.1 Å². The Morgan fingerprint density at radius 1 is 1.17 bits per heavy atom. The molecule has 154 valence electrons. The summed E-state index contributed by atoms with van der Waals surface area (Å²) in [7, 11) is 0. The molecule has 29 heavy (non-hydrogen) atoms. The maximum atomic E-state index is 14.2. The van der Waals surface area contributed by atoms with Gasteiger partial charge in [0.1, 0.15) is 6.04 Å². The molecule has 3 aliphatic rings. The average molecular weight is 406 g/mol. The third-order valence-electron chi connectivity index (χ3n) is 5.86. The Morgan fingerprint density at radius 2 is 1.93 bits per heavy atom. The van der Waals surface area contributed by atoms with E-state index in [4.69, 9.17) is 0 Å². The Kier molecular flexibility index (Phi) is 4.50. The smallest absolute Gasteiger partial charge is 0.279 e. The lowest BCUT2D eigenvalue weighted by Crippen LogP contribution is -2.55. The molecule has 8 nitrogen and oxygen atoms in total. The number of nitrogens with one attached hydrogen (secondary N) is 3. The number of fused-ring (bicyclic) bond motifs is 1. The predicted molar refractivity (Wildman–Crippen MR) is 96.2 cm³/mol.